The summed E-state index contributed by atoms with van der Waals surface area (Å²) in [5.74, 6) is 2.46. The highest BCUT2D eigenvalue weighted by atomic mass is 15.3. The van der Waals surface area contributed by atoms with Crippen molar-refractivity contribution in [2.45, 2.75) is 57.8 Å². The molecule has 0 aromatic carbocycles. The molecule has 108 valence electrons. The summed E-state index contributed by atoms with van der Waals surface area (Å²) in [5, 5.41) is 4.71. The molecular weight excluding hydrogens is 246 g/mol. The van der Waals surface area contributed by atoms with Crippen LogP contribution in [0.4, 0.5) is 5.82 Å². The highest BCUT2D eigenvalue weighted by Crippen LogP contribution is 2.37. The second-order valence-electron chi connectivity index (χ2n) is 6.18. The van der Waals surface area contributed by atoms with E-state index in [0.717, 1.165) is 17.7 Å². The van der Waals surface area contributed by atoms with Gasteiger partial charge < -0.3 is 0 Å². The van der Waals surface area contributed by atoms with E-state index in [0.29, 0.717) is 0 Å². The first kappa shape index (κ1) is 13.6. The van der Waals surface area contributed by atoms with Crippen molar-refractivity contribution in [3.8, 4) is 0 Å². The van der Waals surface area contributed by atoms with Crippen LogP contribution < -0.4 is 5.43 Å². The van der Waals surface area contributed by atoms with Crippen molar-refractivity contribution in [3.63, 3.8) is 0 Å². The number of aromatic nitrogens is 1. The maximum Gasteiger partial charge on any atom is 0.146 e. The molecule has 1 aromatic rings. The summed E-state index contributed by atoms with van der Waals surface area (Å²) in [6.45, 7) is 0. The van der Waals surface area contributed by atoms with Crippen LogP contribution >= 0.6 is 0 Å². The van der Waals surface area contributed by atoms with Crippen LogP contribution in [0.3, 0.4) is 0 Å². The van der Waals surface area contributed by atoms with Gasteiger partial charge in [0.05, 0.1) is 0 Å². The molecule has 2 saturated carbocycles. The highest BCUT2D eigenvalue weighted by Gasteiger charge is 2.29. The molecule has 0 saturated heterocycles. The minimum absolute atomic E-state index is 0.722. The van der Waals surface area contributed by atoms with Crippen molar-refractivity contribution < 1.29 is 0 Å². The van der Waals surface area contributed by atoms with E-state index in [4.69, 9.17) is 5.10 Å². The molecule has 0 radical (unpaired) electrons. The Morgan fingerprint density at radius 2 is 1.85 bits per heavy atom. The van der Waals surface area contributed by atoms with Crippen LogP contribution in [0.15, 0.2) is 29.5 Å². The van der Waals surface area contributed by atoms with Crippen molar-refractivity contribution in [3.05, 3.63) is 24.4 Å². The van der Waals surface area contributed by atoms with Gasteiger partial charge in [-0.15, -0.1) is 0 Å². The summed E-state index contributed by atoms with van der Waals surface area (Å²) >= 11 is 0. The number of hydrogen-bond donors (Lipinski definition) is 1. The zero-order valence-corrected chi connectivity index (χ0v) is 12.2. The number of nitrogens with zero attached hydrogens (tertiary/aromatic N) is 2. The fourth-order valence-electron chi connectivity index (χ4n) is 3.76. The van der Waals surface area contributed by atoms with Crippen molar-refractivity contribution in [1.82, 2.24) is 4.98 Å². The molecule has 3 nitrogen and oxygen atoms in total. The maximum absolute atomic E-state index is 4.71. The molecule has 0 bridgehead atoms. The zero-order valence-electron chi connectivity index (χ0n) is 12.2. The molecular formula is C17H25N3. The Morgan fingerprint density at radius 3 is 2.65 bits per heavy atom. The van der Waals surface area contributed by atoms with E-state index in [9.17, 15) is 0 Å². The van der Waals surface area contributed by atoms with Gasteiger partial charge in [-0.3, -0.25) is 5.43 Å². The molecule has 20 heavy (non-hydrogen) atoms. The average molecular weight is 271 g/mol. The first-order chi connectivity index (χ1) is 9.93. The van der Waals surface area contributed by atoms with Crippen LogP contribution in [0.1, 0.15) is 57.8 Å². The van der Waals surface area contributed by atoms with Gasteiger partial charge in [0, 0.05) is 17.8 Å². The lowest BCUT2D eigenvalue weighted by molar-refractivity contribution is 0.274. The number of anilines is 1. The minimum Gasteiger partial charge on any atom is -0.261 e. The molecule has 2 aliphatic carbocycles. The van der Waals surface area contributed by atoms with Gasteiger partial charge in [-0.05, 0) is 50.2 Å². The Balaban J connectivity index is 1.68. The van der Waals surface area contributed by atoms with Crippen molar-refractivity contribution in [2.24, 2.45) is 16.9 Å². The lowest BCUT2D eigenvalue weighted by Crippen LogP contribution is -2.29. The van der Waals surface area contributed by atoms with Gasteiger partial charge >= 0.3 is 0 Å². The van der Waals surface area contributed by atoms with Gasteiger partial charge in [-0.25, -0.2) is 4.98 Å². The normalized spacial score (nSPS) is 26.6. The fourth-order valence-corrected chi connectivity index (χ4v) is 3.76. The lowest BCUT2D eigenvalue weighted by Gasteiger charge is -2.33. The van der Waals surface area contributed by atoms with E-state index in [1.54, 1.807) is 0 Å². The van der Waals surface area contributed by atoms with Gasteiger partial charge in [0.25, 0.3) is 0 Å². The van der Waals surface area contributed by atoms with E-state index in [1.807, 2.05) is 24.4 Å². The number of hydrogen-bond acceptors (Lipinski definition) is 3. The first-order valence-corrected chi connectivity index (χ1v) is 8.17. The van der Waals surface area contributed by atoms with E-state index in [1.165, 1.54) is 63.5 Å². The Labute approximate surface area is 121 Å². The third kappa shape index (κ3) is 3.38. The van der Waals surface area contributed by atoms with Crippen molar-refractivity contribution >= 4 is 11.5 Å². The molecule has 0 aliphatic heterocycles. The molecule has 1 atom stereocenters. The fraction of sp³-hybridized carbons (Fsp3) is 0.647. The van der Waals surface area contributed by atoms with Crippen LogP contribution in [0.25, 0.3) is 0 Å². The molecule has 2 aliphatic rings. The highest BCUT2D eigenvalue weighted by molar-refractivity contribution is 5.88. The summed E-state index contributed by atoms with van der Waals surface area (Å²) in [7, 11) is 0. The topological polar surface area (TPSA) is 37.3 Å². The maximum atomic E-state index is 4.71. The van der Waals surface area contributed by atoms with Gasteiger partial charge in [0.1, 0.15) is 5.82 Å². The molecule has 2 fully saturated rings. The molecule has 3 heteroatoms. The van der Waals surface area contributed by atoms with E-state index >= 15 is 0 Å². The minimum atomic E-state index is 0.722. The van der Waals surface area contributed by atoms with Gasteiger partial charge in [-0.2, -0.15) is 5.10 Å². The molecule has 0 spiro atoms. The molecule has 3 rings (SSSR count). The van der Waals surface area contributed by atoms with Crippen LogP contribution in [-0.2, 0) is 0 Å². The Morgan fingerprint density at radius 1 is 1.00 bits per heavy atom. The second kappa shape index (κ2) is 6.87. The monoisotopic (exact) mass is 271 g/mol. The van der Waals surface area contributed by atoms with Crippen molar-refractivity contribution in [2.75, 3.05) is 5.43 Å². The van der Waals surface area contributed by atoms with Gasteiger partial charge in [0.2, 0.25) is 0 Å². The predicted molar refractivity (Wildman–Crippen MR) is 83.8 cm³/mol. The standard InChI is InChI=1S/C17H25N3/c1-2-8-14(9-3-1)15-10-4-5-11-16(15)19-20-17-12-6-7-13-18-17/h6-7,12-15H,1-5,8-11H2,(H,18,20)/b19-16-/t15-/m1/s1. The van der Waals surface area contributed by atoms with Crippen LogP contribution in [0, 0.1) is 11.8 Å². The number of rotatable bonds is 3. The lowest BCUT2D eigenvalue weighted by atomic mass is 9.72. The van der Waals surface area contributed by atoms with E-state index < -0.39 is 0 Å². The van der Waals surface area contributed by atoms with Crippen molar-refractivity contribution in [1.29, 1.82) is 0 Å². The molecule has 0 unspecified atom stereocenters. The Bertz CT molecular complexity index is 435. The third-order valence-electron chi connectivity index (χ3n) is 4.82. The quantitative estimate of drug-likeness (QED) is 0.814. The summed E-state index contributed by atoms with van der Waals surface area (Å²) in [6.07, 6.45) is 14.1. The number of pyridine rings is 1. The summed E-state index contributed by atoms with van der Waals surface area (Å²) < 4.78 is 0. The van der Waals surface area contributed by atoms with Crippen LogP contribution in [-0.4, -0.2) is 10.7 Å². The molecule has 1 aromatic heterocycles. The Kier molecular flexibility index (Phi) is 4.67. The predicted octanol–water partition coefficient (Wildman–Crippen LogP) is 4.62. The van der Waals surface area contributed by atoms with E-state index in [2.05, 4.69) is 10.4 Å². The summed E-state index contributed by atoms with van der Waals surface area (Å²) in [6, 6.07) is 5.90. The van der Waals surface area contributed by atoms with Crippen LogP contribution in [0.5, 0.6) is 0 Å². The Hall–Kier alpha value is -1.38. The van der Waals surface area contributed by atoms with E-state index in [-0.39, 0.29) is 0 Å². The smallest absolute Gasteiger partial charge is 0.146 e. The average Bonchev–Trinajstić information content (AvgIpc) is 2.55. The zero-order chi connectivity index (χ0) is 13.6. The molecule has 1 N–H and O–H groups in total. The largest absolute Gasteiger partial charge is 0.261 e. The van der Waals surface area contributed by atoms with Crippen LogP contribution in [0.2, 0.25) is 0 Å². The molecule has 0 amide bonds. The SMILES string of the molecule is c1ccc(N/N=C2/CCCC[C@@H]2C2CCCCC2)nc1. The summed E-state index contributed by atoms with van der Waals surface area (Å²) in [5.41, 5.74) is 4.56. The van der Waals surface area contributed by atoms with Gasteiger partial charge in [0.15, 0.2) is 0 Å². The summed E-state index contributed by atoms with van der Waals surface area (Å²) in [4.78, 5) is 4.28. The number of nitrogens with one attached hydrogen (secondary N) is 1. The molecule has 1 heterocycles. The second-order valence-corrected chi connectivity index (χ2v) is 6.18. The van der Waals surface area contributed by atoms with Gasteiger partial charge in [-0.1, -0.05) is 31.7 Å². The first-order valence-electron chi connectivity index (χ1n) is 8.17. The number of hydrazone groups is 1. The third-order valence-corrected chi connectivity index (χ3v) is 4.82.